The Kier molecular flexibility index (Phi) is 7.12. The minimum absolute atomic E-state index is 0.110. The van der Waals surface area contributed by atoms with Crippen LogP contribution < -0.4 is 0 Å². The zero-order chi connectivity index (χ0) is 25.6. The van der Waals surface area contributed by atoms with Crippen molar-refractivity contribution in [2.75, 3.05) is 6.61 Å². The second-order valence-corrected chi connectivity index (χ2v) is 12.2. The highest BCUT2D eigenvalue weighted by Gasteiger charge is 2.57. The Morgan fingerprint density at radius 2 is 1.40 bits per heavy atom. The van der Waals surface area contributed by atoms with Crippen LogP contribution in [0.15, 0.2) is 58.3 Å². The van der Waals surface area contributed by atoms with E-state index < -0.39 is 63.3 Å². The van der Waals surface area contributed by atoms with Crippen LogP contribution in [0.1, 0.15) is 25.0 Å². The van der Waals surface area contributed by atoms with Crippen LogP contribution in [-0.2, 0) is 42.8 Å². The molecule has 0 spiro atoms. The van der Waals surface area contributed by atoms with Crippen molar-refractivity contribution in [1.29, 1.82) is 0 Å². The number of rotatable bonds is 8. The lowest BCUT2D eigenvalue weighted by atomic mass is 10.1. The Balaban J connectivity index is 1.58. The molecule has 2 fully saturated rings. The summed E-state index contributed by atoms with van der Waals surface area (Å²) in [6, 6.07) is 11.9. The predicted octanol–water partition coefficient (Wildman–Crippen LogP) is 2.02. The number of benzene rings is 2. The molecule has 0 aromatic heterocycles. The Bertz CT molecular complexity index is 1250. The molecule has 2 saturated heterocycles. The third kappa shape index (κ3) is 5.75. The molecule has 0 bridgehead atoms. The highest BCUT2D eigenvalue weighted by molar-refractivity contribution is 7.87. The Labute approximate surface area is 205 Å². The van der Waals surface area contributed by atoms with E-state index in [0.29, 0.717) is 0 Å². The molecule has 35 heavy (non-hydrogen) atoms. The molecule has 2 aliphatic heterocycles. The topological polar surface area (TPSA) is 135 Å². The van der Waals surface area contributed by atoms with Gasteiger partial charge in [-0.25, -0.2) is 0 Å². The van der Waals surface area contributed by atoms with Gasteiger partial charge in [-0.05, 0) is 52.0 Å². The minimum atomic E-state index is -4.37. The molecule has 0 radical (unpaired) electrons. The first-order valence-corrected chi connectivity index (χ1v) is 13.7. The summed E-state index contributed by atoms with van der Waals surface area (Å²) in [5.74, 6) is -1.02. The highest BCUT2D eigenvalue weighted by atomic mass is 32.2. The van der Waals surface area contributed by atoms with Gasteiger partial charge >= 0.3 is 0 Å². The van der Waals surface area contributed by atoms with Crippen LogP contribution in [0.2, 0.25) is 0 Å². The second kappa shape index (κ2) is 9.52. The van der Waals surface area contributed by atoms with E-state index in [1.165, 1.54) is 24.3 Å². The first kappa shape index (κ1) is 26.2. The average molecular weight is 529 g/mol. The Morgan fingerprint density at radius 3 is 1.91 bits per heavy atom. The zero-order valence-electron chi connectivity index (χ0n) is 19.7. The fraction of sp³-hybridized carbons (Fsp3) is 0.478. The van der Waals surface area contributed by atoms with Crippen LogP contribution in [0.25, 0.3) is 0 Å². The van der Waals surface area contributed by atoms with Gasteiger partial charge in [0.1, 0.15) is 24.4 Å². The molecule has 12 heteroatoms. The van der Waals surface area contributed by atoms with Crippen LogP contribution in [0.5, 0.6) is 0 Å². The molecule has 2 aliphatic rings. The first-order chi connectivity index (χ1) is 16.3. The Morgan fingerprint density at radius 1 is 0.886 bits per heavy atom. The molecule has 0 saturated carbocycles. The van der Waals surface area contributed by atoms with E-state index >= 15 is 0 Å². The van der Waals surface area contributed by atoms with Crippen molar-refractivity contribution in [3.63, 3.8) is 0 Å². The van der Waals surface area contributed by atoms with E-state index in [1.54, 1.807) is 52.0 Å². The van der Waals surface area contributed by atoms with Crippen LogP contribution in [-0.4, -0.2) is 65.0 Å². The van der Waals surface area contributed by atoms with Gasteiger partial charge in [-0.1, -0.05) is 35.4 Å². The predicted molar refractivity (Wildman–Crippen MR) is 122 cm³/mol. The van der Waals surface area contributed by atoms with Crippen molar-refractivity contribution in [1.82, 2.24) is 0 Å². The molecular formula is C23H28O10S2. The summed E-state index contributed by atoms with van der Waals surface area (Å²) in [6.07, 6.45) is -6.12. The molecule has 5 atom stereocenters. The van der Waals surface area contributed by atoms with Gasteiger partial charge in [0.2, 0.25) is 0 Å². The van der Waals surface area contributed by atoms with Crippen LogP contribution in [0, 0.1) is 13.8 Å². The lowest BCUT2D eigenvalue weighted by Crippen LogP contribution is -2.45. The van der Waals surface area contributed by atoms with Crippen molar-refractivity contribution in [2.24, 2.45) is 0 Å². The van der Waals surface area contributed by atoms with E-state index in [0.717, 1.165) is 11.1 Å². The number of fused-ring (bicyclic) bond motifs is 1. The molecule has 0 amide bonds. The number of ether oxygens (including phenoxy) is 3. The van der Waals surface area contributed by atoms with Crippen molar-refractivity contribution in [2.45, 2.75) is 74.0 Å². The van der Waals surface area contributed by atoms with E-state index in [4.69, 9.17) is 22.6 Å². The quantitative estimate of drug-likeness (QED) is 0.507. The van der Waals surface area contributed by atoms with Gasteiger partial charge in [0.25, 0.3) is 20.2 Å². The molecular weight excluding hydrogens is 500 g/mol. The maximum atomic E-state index is 13.0. The molecule has 2 aromatic carbocycles. The van der Waals surface area contributed by atoms with Gasteiger partial charge < -0.3 is 19.3 Å². The van der Waals surface area contributed by atoms with Gasteiger partial charge in [-0.2, -0.15) is 16.8 Å². The largest absolute Gasteiger partial charge is 0.387 e. The summed E-state index contributed by atoms with van der Waals surface area (Å²) in [6.45, 7) is 6.14. The summed E-state index contributed by atoms with van der Waals surface area (Å²) < 4.78 is 78.9. The van der Waals surface area contributed by atoms with Crippen molar-refractivity contribution in [3.05, 3.63) is 59.7 Å². The Hall–Kier alpha value is -1.90. The van der Waals surface area contributed by atoms with Crippen molar-refractivity contribution < 1.29 is 44.5 Å². The van der Waals surface area contributed by atoms with Gasteiger partial charge in [0.15, 0.2) is 12.1 Å². The number of aliphatic hydroxyl groups is 1. The summed E-state index contributed by atoms with van der Waals surface area (Å²) in [5.41, 5.74) is 1.69. The molecule has 2 heterocycles. The van der Waals surface area contributed by atoms with Gasteiger partial charge in [-0.3, -0.25) is 8.37 Å². The molecule has 1 N–H and O–H groups in total. The molecule has 0 aliphatic carbocycles. The third-order valence-electron chi connectivity index (χ3n) is 5.68. The van der Waals surface area contributed by atoms with E-state index in [9.17, 15) is 21.9 Å². The van der Waals surface area contributed by atoms with Crippen LogP contribution in [0.4, 0.5) is 0 Å². The average Bonchev–Trinajstić information content (AvgIpc) is 3.24. The number of hydrogen-bond acceptors (Lipinski definition) is 10. The van der Waals surface area contributed by atoms with Gasteiger partial charge in [0, 0.05) is 0 Å². The lowest BCUT2D eigenvalue weighted by molar-refractivity contribution is -0.225. The first-order valence-electron chi connectivity index (χ1n) is 10.9. The number of hydrogen-bond donors (Lipinski definition) is 1. The molecule has 2 aromatic rings. The zero-order valence-corrected chi connectivity index (χ0v) is 21.3. The molecule has 192 valence electrons. The van der Waals surface area contributed by atoms with E-state index in [-0.39, 0.29) is 9.79 Å². The summed E-state index contributed by atoms with van der Waals surface area (Å²) in [4.78, 5) is -0.253. The summed E-state index contributed by atoms with van der Waals surface area (Å²) in [7, 11) is -8.63. The van der Waals surface area contributed by atoms with Gasteiger partial charge in [-0.15, -0.1) is 0 Å². The SMILES string of the molecule is Cc1ccc(S(=O)(=O)OC[C@@H](OS(=O)(=O)c2ccc(C)cc2)[C@H]2O[C@H]3OC(C)(C)O[C@@H]3[C@@H]2O)cc1. The fourth-order valence-electron chi connectivity index (χ4n) is 3.85. The monoisotopic (exact) mass is 528 g/mol. The lowest BCUT2D eigenvalue weighted by Gasteiger charge is -2.28. The van der Waals surface area contributed by atoms with Gasteiger partial charge in [0.05, 0.1) is 16.4 Å². The number of aryl methyl sites for hydroxylation is 2. The van der Waals surface area contributed by atoms with Crippen molar-refractivity contribution in [3.8, 4) is 0 Å². The van der Waals surface area contributed by atoms with Crippen LogP contribution >= 0.6 is 0 Å². The third-order valence-corrected chi connectivity index (χ3v) is 8.32. The summed E-state index contributed by atoms with van der Waals surface area (Å²) in [5, 5.41) is 10.8. The van der Waals surface area contributed by atoms with Crippen molar-refractivity contribution >= 4 is 20.2 Å². The molecule has 0 unspecified atom stereocenters. The summed E-state index contributed by atoms with van der Waals surface area (Å²) >= 11 is 0. The smallest absolute Gasteiger partial charge is 0.297 e. The maximum Gasteiger partial charge on any atom is 0.297 e. The number of aliphatic hydroxyl groups excluding tert-OH is 1. The maximum absolute atomic E-state index is 13.0. The molecule has 4 rings (SSSR count). The second-order valence-electron chi connectivity index (χ2n) is 9.01. The molecule has 10 nitrogen and oxygen atoms in total. The normalized spacial score (nSPS) is 27.0. The van der Waals surface area contributed by atoms with Crippen LogP contribution in [0.3, 0.4) is 0 Å². The van der Waals surface area contributed by atoms with E-state index in [2.05, 4.69) is 0 Å². The van der Waals surface area contributed by atoms with E-state index in [1.807, 2.05) is 0 Å². The highest BCUT2D eigenvalue weighted by Crippen LogP contribution is 2.39. The minimum Gasteiger partial charge on any atom is -0.387 e. The fourth-order valence-corrected chi connectivity index (χ4v) is 5.84. The standard InChI is InChI=1S/C23H28O10S2/c1-14-5-9-16(10-6-14)34(25,26)29-13-18(33-35(27,28)17-11-7-15(2)8-12-17)20-19(24)21-22(30-20)32-23(3,4)31-21/h5-12,18-22,24H,13H2,1-4H3/t18-,19-,20-,21-,22+/m1/s1.